The first-order chi connectivity index (χ1) is 12.0. The van der Waals surface area contributed by atoms with Gasteiger partial charge in [-0.2, -0.15) is 0 Å². The second-order valence-corrected chi connectivity index (χ2v) is 8.81. The zero-order valence-corrected chi connectivity index (χ0v) is 15.3. The summed E-state index contributed by atoms with van der Waals surface area (Å²) < 4.78 is 5.95. The largest absolute Gasteiger partial charge is 0.490 e. The standard InChI is InChI=1S/C19H24N2O3S/c1-19-11-10-17(22)21(19)16(12-25-19)18(23)20-13-6-8-15(9-7-13)24-14-4-2-3-5-14/h6-9,14,16H,2-5,10-12H2,1H3,(H,20,23)/t16-,19+/m1/s1. The van der Waals surface area contributed by atoms with E-state index in [4.69, 9.17) is 4.74 Å². The fourth-order valence-corrected chi connectivity index (χ4v) is 5.49. The van der Waals surface area contributed by atoms with Gasteiger partial charge < -0.3 is 15.0 Å². The SMILES string of the molecule is C[C@]12CCC(=O)N1[C@@H](C(=O)Nc1ccc(OC3CCCC3)cc1)CS2. The van der Waals surface area contributed by atoms with Gasteiger partial charge in [0.05, 0.1) is 11.0 Å². The molecule has 1 aromatic rings. The summed E-state index contributed by atoms with van der Waals surface area (Å²) in [7, 11) is 0. The van der Waals surface area contributed by atoms with Crippen molar-refractivity contribution in [2.75, 3.05) is 11.1 Å². The van der Waals surface area contributed by atoms with Crippen LogP contribution in [0.25, 0.3) is 0 Å². The van der Waals surface area contributed by atoms with Gasteiger partial charge in [0.2, 0.25) is 11.8 Å². The van der Waals surface area contributed by atoms with Crippen molar-refractivity contribution < 1.29 is 14.3 Å². The van der Waals surface area contributed by atoms with Gasteiger partial charge in [-0.05, 0) is 63.3 Å². The van der Waals surface area contributed by atoms with Gasteiger partial charge in [0, 0.05) is 17.9 Å². The van der Waals surface area contributed by atoms with Crippen LogP contribution in [0.3, 0.4) is 0 Å². The van der Waals surface area contributed by atoms with Crippen molar-refractivity contribution in [1.82, 2.24) is 4.90 Å². The van der Waals surface area contributed by atoms with Gasteiger partial charge >= 0.3 is 0 Å². The van der Waals surface area contributed by atoms with Crippen LogP contribution < -0.4 is 10.1 Å². The van der Waals surface area contributed by atoms with Crippen LogP contribution in [0.4, 0.5) is 5.69 Å². The number of anilines is 1. The minimum absolute atomic E-state index is 0.0907. The number of thioether (sulfide) groups is 1. The Hall–Kier alpha value is -1.69. The second kappa shape index (κ2) is 6.56. The molecule has 0 aromatic heterocycles. The topological polar surface area (TPSA) is 58.6 Å². The van der Waals surface area contributed by atoms with E-state index < -0.39 is 0 Å². The second-order valence-electron chi connectivity index (χ2n) is 7.30. The van der Waals surface area contributed by atoms with Gasteiger partial charge in [-0.15, -0.1) is 11.8 Å². The van der Waals surface area contributed by atoms with E-state index >= 15 is 0 Å². The monoisotopic (exact) mass is 360 g/mol. The third kappa shape index (κ3) is 3.24. The van der Waals surface area contributed by atoms with Gasteiger partial charge in [-0.3, -0.25) is 9.59 Å². The molecule has 1 N–H and O–H groups in total. The Labute approximate surface area is 152 Å². The Balaban J connectivity index is 1.38. The summed E-state index contributed by atoms with van der Waals surface area (Å²) in [5.41, 5.74) is 0.744. The third-order valence-corrected chi connectivity index (χ3v) is 6.98. The molecule has 3 fully saturated rings. The number of benzene rings is 1. The zero-order valence-electron chi connectivity index (χ0n) is 14.5. The van der Waals surface area contributed by atoms with Crippen molar-refractivity contribution in [3.8, 4) is 5.75 Å². The maximum Gasteiger partial charge on any atom is 0.248 e. The first-order valence-electron chi connectivity index (χ1n) is 9.09. The van der Waals surface area contributed by atoms with Gasteiger partial charge in [0.15, 0.2) is 0 Å². The van der Waals surface area contributed by atoms with E-state index in [1.54, 1.807) is 16.7 Å². The van der Waals surface area contributed by atoms with E-state index in [2.05, 4.69) is 12.2 Å². The highest BCUT2D eigenvalue weighted by Gasteiger charge is 2.52. The van der Waals surface area contributed by atoms with Crippen LogP contribution in [-0.4, -0.2) is 39.5 Å². The predicted octanol–water partition coefficient (Wildman–Crippen LogP) is 3.40. The van der Waals surface area contributed by atoms with E-state index in [9.17, 15) is 9.59 Å². The van der Waals surface area contributed by atoms with Gasteiger partial charge in [-0.1, -0.05) is 0 Å². The predicted molar refractivity (Wildman–Crippen MR) is 98.7 cm³/mol. The number of carbonyl (C=O) groups excluding carboxylic acids is 2. The Morgan fingerprint density at radius 2 is 2.00 bits per heavy atom. The summed E-state index contributed by atoms with van der Waals surface area (Å²) in [6.45, 7) is 2.06. The maximum atomic E-state index is 12.7. The van der Waals surface area contributed by atoms with E-state index in [0.717, 1.165) is 30.7 Å². The molecule has 1 saturated carbocycles. The van der Waals surface area contributed by atoms with Crippen molar-refractivity contribution in [2.24, 2.45) is 0 Å². The minimum atomic E-state index is -0.376. The number of nitrogens with one attached hydrogen (secondary N) is 1. The molecule has 0 unspecified atom stereocenters. The Bertz CT molecular complexity index is 672. The molecule has 2 amide bonds. The van der Waals surface area contributed by atoms with Crippen LogP contribution in [0.15, 0.2) is 24.3 Å². The van der Waals surface area contributed by atoms with Crippen LogP contribution >= 0.6 is 11.8 Å². The number of hydrogen-bond acceptors (Lipinski definition) is 4. The lowest BCUT2D eigenvalue weighted by molar-refractivity contribution is -0.135. The van der Waals surface area contributed by atoms with Crippen molar-refractivity contribution in [3.63, 3.8) is 0 Å². The van der Waals surface area contributed by atoms with E-state index in [1.165, 1.54) is 12.8 Å². The number of carbonyl (C=O) groups is 2. The molecule has 2 atom stereocenters. The summed E-state index contributed by atoms with van der Waals surface area (Å²) in [4.78, 5) is 26.4. The third-order valence-electron chi connectivity index (χ3n) is 5.47. The summed E-state index contributed by atoms with van der Waals surface area (Å²) in [6, 6.07) is 7.18. The number of nitrogens with zero attached hydrogens (tertiary/aromatic N) is 1. The number of fused-ring (bicyclic) bond motifs is 1. The Kier molecular flexibility index (Phi) is 4.40. The fourth-order valence-electron chi connectivity index (χ4n) is 4.06. The molecule has 3 aliphatic rings. The van der Waals surface area contributed by atoms with Crippen LogP contribution in [0, 0.1) is 0 Å². The molecule has 1 aliphatic carbocycles. The highest BCUT2D eigenvalue weighted by molar-refractivity contribution is 8.01. The summed E-state index contributed by atoms with van der Waals surface area (Å²) in [5, 5.41) is 2.95. The molecule has 4 rings (SSSR count). The molecule has 2 heterocycles. The normalized spacial score (nSPS) is 29.1. The summed E-state index contributed by atoms with van der Waals surface area (Å²) in [5.74, 6) is 1.50. The van der Waals surface area contributed by atoms with Gasteiger partial charge in [0.25, 0.3) is 0 Å². The number of hydrogen-bond donors (Lipinski definition) is 1. The maximum absolute atomic E-state index is 12.7. The highest BCUT2D eigenvalue weighted by Crippen LogP contribution is 2.47. The number of ether oxygens (including phenoxy) is 1. The molecule has 2 aliphatic heterocycles. The van der Waals surface area contributed by atoms with E-state index in [-0.39, 0.29) is 22.7 Å². The summed E-state index contributed by atoms with van der Waals surface area (Å²) in [6.07, 6.45) is 6.43. The molecule has 6 heteroatoms. The Morgan fingerprint density at radius 3 is 2.72 bits per heavy atom. The van der Waals surface area contributed by atoms with Crippen LogP contribution in [0.1, 0.15) is 45.4 Å². The number of amides is 2. The molecule has 134 valence electrons. The van der Waals surface area contributed by atoms with Crippen molar-refractivity contribution in [3.05, 3.63) is 24.3 Å². The quantitative estimate of drug-likeness (QED) is 0.894. The van der Waals surface area contributed by atoms with Crippen LogP contribution in [0.5, 0.6) is 5.75 Å². The minimum Gasteiger partial charge on any atom is -0.490 e. The van der Waals surface area contributed by atoms with Gasteiger partial charge in [-0.25, -0.2) is 0 Å². The first kappa shape index (κ1) is 16.8. The average Bonchev–Trinajstić information content (AvgIpc) is 3.28. The summed E-state index contributed by atoms with van der Waals surface area (Å²) >= 11 is 1.71. The molecule has 0 bridgehead atoms. The van der Waals surface area contributed by atoms with Crippen molar-refractivity contribution in [1.29, 1.82) is 0 Å². The van der Waals surface area contributed by atoms with Crippen molar-refractivity contribution >= 4 is 29.3 Å². The van der Waals surface area contributed by atoms with Crippen molar-refractivity contribution in [2.45, 2.75) is 62.5 Å². The molecule has 1 aromatic carbocycles. The number of rotatable bonds is 4. The molecule has 5 nitrogen and oxygen atoms in total. The molecular weight excluding hydrogens is 336 g/mol. The smallest absolute Gasteiger partial charge is 0.248 e. The van der Waals surface area contributed by atoms with E-state index in [1.807, 2.05) is 24.3 Å². The Morgan fingerprint density at radius 1 is 1.28 bits per heavy atom. The molecule has 0 radical (unpaired) electrons. The molecule has 2 saturated heterocycles. The fraction of sp³-hybridized carbons (Fsp3) is 0.579. The molecule has 0 spiro atoms. The van der Waals surface area contributed by atoms with Crippen LogP contribution in [-0.2, 0) is 9.59 Å². The van der Waals surface area contributed by atoms with Crippen LogP contribution in [0.2, 0.25) is 0 Å². The highest BCUT2D eigenvalue weighted by atomic mass is 32.2. The van der Waals surface area contributed by atoms with Gasteiger partial charge in [0.1, 0.15) is 11.8 Å². The lowest BCUT2D eigenvalue weighted by Crippen LogP contribution is -2.48. The molecule has 25 heavy (non-hydrogen) atoms. The lowest BCUT2D eigenvalue weighted by atomic mass is 10.2. The molecular formula is C19H24N2O3S. The lowest BCUT2D eigenvalue weighted by Gasteiger charge is -2.29. The zero-order chi connectivity index (χ0) is 17.4. The average molecular weight is 360 g/mol. The first-order valence-corrected chi connectivity index (χ1v) is 10.1. The van der Waals surface area contributed by atoms with E-state index in [0.29, 0.717) is 18.3 Å².